The van der Waals surface area contributed by atoms with Gasteiger partial charge in [-0.2, -0.15) is 10.2 Å². The summed E-state index contributed by atoms with van der Waals surface area (Å²) < 4.78 is 20.2. The molecular formula is C63H68N14O6. The summed E-state index contributed by atoms with van der Waals surface area (Å²) in [6.07, 6.45) is 2.46. The topological polar surface area (TPSA) is 252 Å². The fourth-order valence-corrected chi connectivity index (χ4v) is 8.47. The zero-order valence-electron chi connectivity index (χ0n) is 47.0. The highest BCUT2D eigenvalue weighted by Gasteiger charge is 2.24. The van der Waals surface area contributed by atoms with Gasteiger partial charge in [0.05, 0.1) is 52.6 Å². The van der Waals surface area contributed by atoms with E-state index in [0.717, 1.165) is 55.4 Å². The number of nitrogens with zero attached hydrogens (tertiary/aromatic N) is 8. The molecule has 20 heteroatoms. The number of amides is 5. The van der Waals surface area contributed by atoms with Gasteiger partial charge in [0.25, 0.3) is 0 Å². The highest BCUT2D eigenvalue weighted by molar-refractivity contribution is 6.08. The average Bonchev–Trinajstić information content (AvgIpc) is 4.33. The molecule has 0 spiro atoms. The van der Waals surface area contributed by atoms with Crippen LogP contribution in [0.4, 0.5) is 49.3 Å². The lowest BCUT2D eigenvalue weighted by Gasteiger charge is -2.14. The summed E-state index contributed by atoms with van der Waals surface area (Å²) >= 11 is 0. The number of ether oxygens (including phenoxy) is 3. The van der Waals surface area contributed by atoms with Crippen LogP contribution in [-0.2, 0) is 28.8 Å². The molecule has 20 nitrogen and oxygen atoms in total. The standard InChI is InChI=1S/C32H33N7O4.C30H31N7O2.CH4/c1-20-10-12-22(13-11-20)39-28(18-27(38-39)32(2,3)4)36-30(40)35-25-14-15-26(24-9-7-6-8-23(24)25)43-19-21-16-17-33-29(34-21)37-31(41)42-5;1-19-9-11-21(12-10-19)37-27(17-26(36-37)30(2,3)4)35-29(38)34-24-13-14-25(23-8-6-5-7-22(23)24)39-18-20-15-16-32-28(31)33-20;/h6-18H,19H2,1-5H3,(H2,35,36,40)(H,33,34,37,41);5-17H,18H2,1-4H3,(H2,31,32,33)(H2,34,35,38);1H4. The van der Waals surface area contributed by atoms with Gasteiger partial charge in [-0.15, -0.1) is 0 Å². The van der Waals surface area contributed by atoms with E-state index in [4.69, 9.17) is 25.4 Å². The summed E-state index contributed by atoms with van der Waals surface area (Å²) in [6.45, 7) is 16.9. The molecule has 10 rings (SSSR count). The number of nitrogens with one attached hydrogen (secondary N) is 5. The Morgan fingerprint density at radius 1 is 0.518 bits per heavy atom. The number of aromatic nitrogens is 8. The van der Waals surface area contributed by atoms with Crippen molar-refractivity contribution in [2.75, 3.05) is 39.4 Å². The highest BCUT2D eigenvalue weighted by Crippen LogP contribution is 2.35. The van der Waals surface area contributed by atoms with Crippen molar-refractivity contribution in [2.45, 2.75) is 86.9 Å². The lowest BCUT2D eigenvalue weighted by atomic mass is 9.92. The Kier molecular flexibility index (Phi) is 18.0. The summed E-state index contributed by atoms with van der Waals surface area (Å²) in [6, 6.07) is 45.1. The number of benzene rings is 6. The van der Waals surface area contributed by atoms with E-state index in [2.05, 4.69) is 92.8 Å². The Labute approximate surface area is 481 Å². The number of carbonyl (C=O) groups excluding carboxylic acids is 3. The molecule has 5 amide bonds. The summed E-state index contributed by atoms with van der Waals surface area (Å²) in [5, 5.41) is 27.3. The number of urea groups is 2. The van der Waals surface area contributed by atoms with Crippen molar-refractivity contribution in [2.24, 2.45) is 0 Å². The number of hydrogen-bond donors (Lipinski definition) is 6. The number of carbonyl (C=O) groups is 3. The molecule has 0 aliphatic heterocycles. The van der Waals surface area contributed by atoms with Crippen molar-refractivity contribution in [1.82, 2.24) is 39.5 Å². The van der Waals surface area contributed by atoms with Gasteiger partial charge in [-0.1, -0.05) is 133 Å². The van der Waals surface area contributed by atoms with Crippen LogP contribution < -0.4 is 41.8 Å². The predicted octanol–water partition coefficient (Wildman–Crippen LogP) is 13.7. The van der Waals surface area contributed by atoms with Crippen molar-refractivity contribution in [3.05, 3.63) is 192 Å². The van der Waals surface area contributed by atoms with Gasteiger partial charge < -0.3 is 30.6 Å². The highest BCUT2D eigenvalue weighted by atomic mass is 16.5. The number of nitrogen functional groups attached to an aromatic ring is 1. The van der Waals surface area contributed by atoms with E-state index in [1.807, 2.05) is 135 Å². The molecule has 426 valence electrons. The molecule has 0 bridgehead atoms. The summed E-state index contributed by atoms with van der Waals surface area (Å²) in [5.74, 6) is 2.72. The third-order valence-corrected chi connectivity index (χ3v) is 12.9. The van der Waals surface area contributed by atoms with E-state index >= 15 is 0 Å². The van der Waals surface area contributed by atoms with Crippen molar-refractivity contribution in [3.63, 3.8) is 0 Å². The van der Waals surface area contributed by atoms with Crippen LogP contribution in [0.1, 0.15) is 82.9 Å². The van der Waals surface area contributed by atoms with E-state index in [1.165, 1.54) is 13.3 Å². The van der Waals surface area contributed by atoms with Crippen LogP contribution in [-0.4, -0.2) is 64.8 Å². The van der Waals surface area contributed by atoms with Crippen LogP contribution >= 0.6 is 0 Å². The third kappa shape index (κ3) is 14.7. The maximum Gasteiger partial charge on any atom is 0.413 e. The first-order valence-electron chi connectivity index (χ1n) is 26.3. The molecule has 0 atom stereocenters. The number of fused-ring (bicyclic) bond motifs is 2. The molecule has 0 radical (unpaired) electrons. The Balaban J connectivity index is 0.000000215. The molecule has 0 saturated heterocycles. The minimum absolute atomic E-state index is 0. The lowest BCUT2D eigenvalue weighted by molar-refractivity contribution is 0.186. The van der Waals surface area contributed by atoms with E-state index in [-0.39, 0.29) is 49.4 Å². The van der Waals surface area contributed by atoms with Gasteiger partial charge in [0.2, 0.25) is 11.9 Å². The zero-order chi connectivity index (χ0) is 58.1. The second-order valence-electron chi connectivity index (χ2n) is 21.3. The van der Waals surface area contributed by atoms with E-state index in [1.54, 1.807) is 39.8 Å². The Morgan fingerprint density at radius 3 is 1.36 bits per heavy atom. The smallest absolute Gasteiger partial charge is 0.413 e. The summed E-state index contributed by atoms with van der Waals surface area (Å²) in [7, 11) is 1.26. The lowest BCUT2D eigenvalue weighted by Crippen LogP contribution is -2.21. The second kappa shape index (κ2) is 25.4. The maximum absolute atomic E-state index is 13.3. The molecule has 83 heavy (non-hydrogen) atoms. The Morgan fingerprint density at radius 2 is 0.940 bits per heavy atom. The molecule has 7 N–H and O–H groups in total. The molecule has 10 aromatic rings. The van der Waals surface area contributed by atoms with Crippen LogP contribution in [0, 0.1) is 13.8 Å². The minimum Gasteiger partial charge on any atom is -0.487 e. The molecule has 4 aromatic heterocycles. The number of hydrogen-bond acceptors (Lipinski definition) is 13. The van der Waals surface area contributed by atoms with E-state index in [0.29, 0.717) is 45.9 Å². The normalized spacial score (nSPS) is 11.1. The molecule has 6 aromatic carbocycles. The van der Waals surface area contributed by atoms with Crippen molar-refractivity contribution >= 4 is 74.6 Å². The Hall–Kier alpha value is -10.4. The number of methoxy groups -OCH3 is 1. The molecule has 4 heterocycles. The van der Waals surface area contributed by atoms with Crippen LogP contribution in [0.25, 0.3) is 32.9 Å². The fourth-order valence-electron chi connectivity index (χ4n) is 8.47. The monoisotopic (exact) mass is 1120 g/mol. The molecule has 0 aliphatic rings. The van der Waals surface area contributed by atoms with E-state index in [9.17, 15) is 14.4 Å². The average molecular weight is 1120 g/mol. The van der Waals surface area contributed by atoms with Crippen LogP contribution in [0.2, 0.25) is 0 Å². The zero-order valence-corrected chi connectivity index (χ0v) is 47.0. The van der Waals surface area contributed by atoms with Gasteiger partial charge in [0.15, 0.2) is 0 Å². The second-order valence-corrected chi connectivity index (χ2v) is 21.3. The first-order chi connectivity index (χ1) is 39.3. The fraction of sp³-hybridized carbons (Fsp3) is 0.222. The number of aryl methyl sites for hydroxylation is 2. The number of nitrogens with two attached hydrogens (primary N) is 1. The molecular weight excluding hydrogens is 1050 g/mol. The van der Waals surface area contributed by atoms with Gasteiger partial charge in [-0.3, -0.25) is 16.0 Å². The number of rotatable bonds is 13. The first kappa shape index (κ1) is 58.8. The molecule has 0 fully saturated rings. The number of anilines is 6. The predicted molar refractivity (Wildman–Crippen MR) is 327 cm³/mol. The minimum atomic E-state index is -0.662. The maximum atomic E-state index is 13.3. The van der Waals surface area contributed by atoms with Gasteiger partial charge in [-0.25, -0.2) is 43.7 Å². The Bertz CT molecular complexity index is 3920. The van der Waals surface area contributed by atoms with Crippen molar-refractivity contribution in [1.29, 1.82) is 0 Å². The molecule has 0 saturated carbocycles. The van der Waals surface area contributed by atoms with Gasteiger partial charge >= 0.3 is 18.2 Å². The third-order valence-electron chi connectivity index (χ3n) is 12.9. The van der Waals surface area contributed by atoms with Gasteiger partial charge in [-0.05, 0) is 74.5 Å². The van der Waals surface area contributed by atoms with Gasteiger partial charge in [0.1, 0.15) is 36.3 Å². The SMILES string of the molecule is C.COC(=O)Nc1nccc(COc2ccc(NC(=O)Nc3cc(C(C)(C)C)nn3-c3ccc(C)cc3)c3ccccc23)n1.Cc1ccc(-n2nc(C(C)(C)C)cc2NC(=O)Nc2ccc(OCc3ccnc(N)n3)c3ccccc23)cc1. The summed E-state index contributed by atoms with van der Waals surface area (Å²) in [5.41, 5.74) is 13.5. The van der Waals surface area contributed by atoms with E-state index < -0.39 is 12.1 Å². The van der Waals surface area contributed by atoms with Crippen molar-refractivity contribution < 1.29 is 28.6 Å². The van der Waals surface area contributed by atoms with Crippen molar-refractivity contribution in [3.8, 4) is 22.9 Å². The largest absolute Gasteiger partial charge is 0.487 e. The van der Waals surface area contributed by atoms with Crippen LogP contribution in [0.5, 0.6) is 11.5 Å². The van der Waals surface area contributed by atoms with Gasteiger partial charge in [0, 0.05) is 56.9 Å². The summed E-state index contributed by atoms with van der Waals surface area (Å²) in [4.78, 5) is 54.4. The first-order valence-corrected chi connectivity index (χ1v) is 26.3. The molecule has 0 aliphatic carbocycles. The molecule has 0 unspecified atom stereocenters. The van der Waals surface area contributed by atoms with Crippen LogP contribution in [0.15, 0.2) is 158 Å². The van der Waals surface area contributed by atoms with Crippen LogP contribution in [0.3, 0.4) is 0 Å². The quantitative estimate of drug-likeness (QED) is 0.0629.